The molecule has 0 heterocycles. The van der Waals surface area contributed by atoms with Gasteiger partial charge in [-0.1, -0.05) is 0 Å². The summed E-state index contributed by atoms with van der Waals surface area (Å²) < 4.78 is 9.73. The van der Waals surface area contributed by atoms with Crippen LogP contribution in [0.15, 0.2) is 0 Å². The fourth-order valence-corrected chi connectivity index (χ4v) is 0.0833. The molecule has 0 rings (SSSR count). The number of hydrogen-bond acceptors (Lipinski definition) is 2. The highest BCUT2D eigenvalue weighted by molar-refractivity contribution is 5.85. The van der Waals surface area contributed by atoms with Gasteiger partial charge >= 0.3 is 0 Å². The molecule has 0 N–H and O–H groups in total. The first-order valence-electron chi connectivity index (χ1n) is 2.22. The molecular weight excluding hydrogens is 128 g/mol. The van der Waals surface area contributed by atoms with Gasteiger partial charge in [-0.3, -0.25) is 0 Å². The lowest BCUT2D eigenvalue weighted by molar-refractivity contribution is -0.178. The summed E-state index contributed by atoms with van der Waals surface area (Å²) in [7, 11) is 3.23. The summed E-state index contributed by atoms with van der Waals surface area (Å²) in [6, 6.07) is 0. The van der Waals surface area contributed by atoms with Gasteiger partial charge in [0.2, 0.25) is 0 Å². The maximum atomic E-state index is 4.86. The Labute approximate surface area is 56.6 Å². The minimum atomic E-state index is -0.417. The van der Waals surface area contributed by atoms with E-state index in [1.807, 2.05) is 13.8 Å². The van der Waals surface area contributed by atoms with E-state index in [0.29, 0.717) is 0 Å². The Kier molecular flexibility index (Phi) is 5.71. The first-order valence-corrected chi connectivity index (χ1v) is 2.22. The van der Waals surface area contributed by atoms with Crippen molar-refractivity contribution < 1.29 is 9.47 Å². The third-order valence-corrected chi connectivity index (χ3v) is 0.983. The van der Waals surface area contributed by atoms with Crippen molar-refractivity contribution in [2.24, 2.45) is 0 Å². The molecule has 8 heavy (non-hydrogen) atoms. The van der Waals surface area contributed by atoms with E-state index < -0.39 is 5.79 Å². The SMILES string of the molecule is COC(C)(C)OC.Cl. The van der Waals surface area contributed by atoms with Crippen LogP contribution in [0.4, 0.5) is 0 Å². The lowest BCUT2D eigenvalue weighted by Gasteiger charge is -2.19. The zero-order valence-electron chi connectivity index (χ0n) is 5.72. The number of rotatable bonds is 2. The van der Waals surface area contributed by atoms with Crippen molar-refractivity contribution in [3.8, 4) is 0 Å². The molecule has 0 saturated heterocycles. The van der Waals surface area contributed by atoms with Gasteiger partial charge in [0.25, 0.3) is 0 Å². The van der Waals surface area contributed by atoms with Crippen LogP contribution >= 0.6 is 12.4 Å². The minimum Gasteiger partial charge on any atom is -0.354 e. The normalized spacial score (nSPS) is 10.5. The Morgan fingerprint density at radius 1 is 1.00 bits per heavy atom. The molecule has 3 heteroatoms. The van der Waals surface area contributed by atoms with Gasteiger partial charge in [0.15, 0.2) is 5.79 Å². The second-order valence-electron chi connectivity index (χ2n) is 1.81. The third-order valence-electron chi connectivity index (χ3n) is 0.983. The Bertz CT molecular complexity index is 48.4. The van der Waals surface area contributed by atoms with Crippen molar-refractivity contribution in [1.29, 1.82) is 0 Å². The van der Waals surface area contributed by atoms with Gasteiger partial charge in [-0.25, -0.2) is 0 Å². The molecule has 0 aliphatic heterocycles. The summed E-state index contributed by atoms with van der Waals surface area (Å²) in [6.07, 6.45) is 0. The van der Waals surface area contributed by atoms with E-state index in [1.165, 1.54) is 0 Å². The monoisotopic (exact) mass is 140 g/mol. The minimum absolute atomic E-state index is 0. The predicted octanol–water partition coefficient (Wildman–Crippen LogP) is 1.44. The zero-order valence-corrected chi connectivity index (χ0v) is 6.54. The second-order valence-corrected chi connectivity index (χ2v) is 1.81. The number of hydrogen-bond donors (Lipinski definition) is 0. The Balaban J connectivity index is 0. The van der Waals surface area contributed by atoms with Crippen LogP contribution < -0.4 is 0 Å². The molecule has 2 nitrogen and oxygen atoms in total. The average Bonchev–Trinajstić information content (AvgIpc) is 1.68. The van der Waals surface area contributed by atoms with Gasteiger partial charge in [-0.05, 0) is 13.8 Å². The maximum Gasteiger partial charge on any atom is 0.161 e. The van der Waals surface area contributed by atoms with Crippen molar-refractivity contribution in [3.05, 3.63) is 0 Å². The van der Waals surface area contributed by atoms with Gasteiger partial charge in [-0.2, -0.15) is 0 Å². The molecule has 52 valence electrons. The van der Waals surface area contributed by atoms with Crippen LogP contribution in [0.1, 0.15) is 13.8 Å². The highest BCUT2D eigenvalue weighted by Gasteiger charge is 2.11. The lowest BCUT2D eigenvalue weighted by Crippen LogP contribution is -2.24. The maximum absolute atomic E-state index is 4.86. The van der Waals surface area contributed by atoms with E-state index in [4.69, 9.17) is 9.47 Å². The highest BCUT2D eigenvalue weighted by atomic mass is 35.5. The van der Waals surface area contributed by atoms with E-state index in [9.17, 15) is 0 Å². The Hall–Kier alpha value is 0.210. The predicted molar refractivity (Wildman–Crippen MR) is 35.3 cm³/mol. The van der Waals surface area contributed by atoms with Gasteiger partial charge in [0.1, 0.15) is 0 Å². The molecule has 0 spiro atoms. The number of halogens is 1. The molecular formula is C5H13ClO2. The van der Waals surface area contributed by atoms with Crippen LogP contribution in [0.5, 0.6) is 0 Å². The van der Waals surface area contributed by atoms with Crippen molar-refractivity contribution in [2.75, 3.05) is 14.2 Å². The lowest BCUT2D eigenvalue weighted by atomic mass is 10.4. The van der Waals surface area contributed by atoms with Crippen molar-refractivity contribution in [2.45, 2.75) is 19.6 Å². The number of ether oxygens (including phenoxy) is 2. The van der Waals surface area contributed by atoms with Crippen molar-refractivity contribution in [1.82, 2.24) is 0 Å². The molecule has 0 unspecified atom stereocenters. The summed E-state index contributed by atoms with van der Waals surface area (Å²) in [5.41, 5.74) is 0. The van der Waals surface area contributed by atoms with Crippen molar-refractivity contribution in [3.63, 3.8) is 0 Å². The standard InChI is InChI=1S/C5H12O2.ClH/c1-5(2,6-3)7-4;/h1-4H3;1H. The second kappa shape index (κ2) is 4.13. The Morgan fingerprint density at radius 2 is 1.25 bits per heavy atom. The highest BCUT2D eigenvalue weighted by Crippen LogP contribution is 2.05. The number of methoxy groups -OCH3 is 2. The summed E-state index contributed by atoms with van der Waals surface area (Å²) in [5.74, 6) is -0.417. The first kappa shape index (κ1) is 11.1. The van der Waals surface area contributed by atoms with Gasteiger partial charge < -0.3 is 9.47 Å². The molecule has 0 atom stereocenters. The van der Waals surface area contributed by atoms with E-state index in [0.717, 1.165) is 0 Å². The zero-order chi connectivity index (χ0) is 5.91. The van der Waals surface area contributed by atoms with Crippen molar-refractivity contribution >= 4 is 12.4 Å². The van der Waals surface area contributed by atoms with Crippen LogP contribution in [0.3, 0.4) is 0 Å². The first-order chi connectivity index (χ1) is 3.12. The molecule has 0 bridgehead atoms. The topological polar surface area (TPSA) is 18.5 Å². The van der Waals surface area contributed by atoms with Crippen LogP contribution in [0, 0.1) is 0 Å². The largest absolute Gasteiger partial charge is 0.354 e. The van der Waals surface area contributed by atoms with Crippen LogP contribution in [0.2, 0.25) is 0 Å². The summed E-state index contributed by atoms with van der Waals surface area (Å²) in [5, 5.41) is 0. The molecule has 0 amide bonds. The Morgan fingerprint density at radius 3 is 1.25 bits per heavy atom. The van der Waals surface area contributed by atoms with Gasteiger partial charge in [0, 0.05) is 14.2 Å². The average molecular weight is 141 g/mol. The summed E-state index contributed by atoms with van der Waals surface area (Å²) >= 11 is 0. The third kappa shape index (κ3) is 4.37. The van der Waals surface area contributed by atoms with Crippen LogP contribution in [-0.4, -0.2) is 20.0 Å². The molecule has 0 aromatic carbocycles. The smallest absolute Gasteiger partial charge is 0.161 e. The fourth-order valence-electron chi connectivity index (χ4n) is 0.0833. The molecule has 0 aromatic rings. The molecule has 0 aromatic heterocycles. The summed E-state index contributed by atoms with van der Waals surface area (Å²) in [4.78, 5) is 0. The van der Waals surface area contributed by atoms with E-state index in [1.54, 1.807) is 14.2 Å². The van der Waals surface area contributed by atoms with Crippen LogP contribution in [0.25, 0.3) is 0 Å². The molecule has 0 saturated carbocycles. The van der Waals surface area contributed by atoms with Gasteiger partial charge in [-0.15, -0.1) is 12.4 Å². The quantitative estimate of drug-likeness (QED) is 0.541. The summed E-state index contributed by atoms with van der Waals surface area (Å²) in [6.45, 7) is 3.71. The molecule has 0 fully saturated rings. The molecule has 0 aliphatic rings. The van der Waals surface area contributed by atoms with Gasteiger partial charge in [0.05, 0.1) is 0 Å². The molecule has 0 aliphatic carbocycles. The van der Waals surface area contributed by atoms with E-state index >= 15 is 0 Å². The molecule has 0 radical (unpaired) electrons. The van der Waals surface area contributed by atoms with Crippen LogP contribution in [-0.2, 0) is 9.47 Å². The van der Waals surface area contributed by atoms with E-state index in [-0.39, 0.29) is 12.4 Å². The van der Waals surface area contributed by atoms with E-state index in [2.05, 4.69) is 0 Å². The fraction of sp³-hybridized carbons (Fsp3) is 1.00.